The molecule has 0 aliphatic rings. The van der Waals surface area contributed by atoms with Crippen LogP contribution in [0.5, 0.6) is 0 Å². The van der Waals surface area contributed by atoms with Crippen LogP contribution in [-0.4, -0.2) is 11.8 Å². The van der Waals surface area contributed by atoms with Crippen molar-refractivity contribution in [2.24, 2.45) is 5.92 Å². The Morgan fingerprint density at radius 3 is 2.26 bits per heavy atom. The summed E-state index contributed by atoms with van der Waals surface area (Å²) in [6.07, 6.45) is 0. The Kier molecular flexibility index (Phi) is 5.86. The molecule has 2 nitrogen and oxygen atoms in total. The number of carbonyl (C=O) groups excluding carboxylic acids is 1. The Morgan fingerprint density at radius 1 is 1.16 bits per heavy atom. The van der Waals surface area contributed by atoms with Crippen LogP contribution in [0.1, 0.15) is 57.6 Å². The molecular formula is C16H24ClNO. The number of halogens is 1. The first kappa shape index (κ1) is 16.0. The highest BCUT2D eigenvalue weighted by Gasteiger charge is 2.15. The van der Waals surface area contributed by atoms with Crippen molar-refractivity contribution in [2.45, 2.75) is 46.5 Å². The molecule has 3 heteroatoms. The lowest BCUT2D eigenvalue weighted by Gasteiger charge is -2.18. The average molecular weight is 282 g/mol. The molecule has 0 saturated heterocycles. The molecule has 0 aliphatic carbocycles. The summed E-state index contributed by atoms with van der Waals surface area (Å²) >= 11 is 5.72. The Balaban J connectivity index is 3.04. The molecule has 0 radical (unpaired) electrons. The molecule has 106 valence electrons. The van der Waals surface area contributed by atoms with Crippen molar-refractivity contribution in [3.05, 3.63) is 29.3 Å². The molecule has 0 saturated carbocycles. The lowest BCUT2D eigenvalue weighted by Crippen LogP contribution is -2.22. The van der Waals surface area contributed by atoms with Gasteiger partial charge in [-0.05, 0) is 29.0 Å². The van der Waals surface area contributed by atoms with Crippen LogP contribution in [0.25, 0.3) is 0 Å². The molecule has 0 aromatic heterocycles. The highest BCUT2D eigenvalue weighted by Crippen LogP contribution is 2.28. The smallest absolute Gasteiger partial charge is 0.228 e. The molecule has 0 heterocycles. The lowest BCUT2D eigenvalue weighted by atomic mass is 9.94. The Bertz CT molecular complexity index is 440. The maximum absolute atomic E-state index is 11.9. The average Bonchev–Trinajstić information content (AvgIpc) is 2.37. The van der Waals surface area contributed by atoms with E-state index in [4.69, 9.17) is 11.6 Å². The third-order valence-corrected chi connectivity index (χ3v) is 3.76. The molecule has 1 aromatic rings. The summed E-state index contributed by atoms with van der Waals surface area (Å²) < 4.78 is 0. The number of hydrogen-bond donors (Lipinski definition) is 1. The minimum Gasteiger partial charge on any atom is -0.326 e. The second-order valence-corrected chi connectivity index (χ2v) is 6.01. The Hall–Kier alpha value is -1.02. The molecule has 0 bridgehead atoms. The Labute approximate surface area is 121 Å². The number of nitrogens with one attached hydrogen (secondary N) is 1. The van der Waals surface area contributed by atoms with E-state index in [0.29, 0.717) is 17.7 Å². The zero-order valence-corrected chi connectivity index (χ0v) is 13.2. The van der Waals surface area contributed by atoms with E-state index in [2.05, 4.69) is 45.1 Å². The summed E-state index contributed by atoms with van der Waals surface area (Å²) in [5.41, 5.74) is 3.38. The van der Waals surface area contributed by atoms with E-state index >= 15 is 0 Å². The molecule has 0 aliphatic heterocycles. The van der Waals surface area contributed by atoms with Gasteiger partial charge >= 0.3 is 0 Å². The van der Waals surface area contributed by atoms with Crippen LogP contribution in [0.2, 0.25) is 0 Å². The van der Waals surface area contributed by atoms with Crippen LogP contribution in [-0.2, 0) is 4.79 Å². The van der Waals surface area contributed by atoms with Gasteiger partial charge in [-0.25, -0.2) is 0 Å². The van der Waals surface area contributed by atoms with E-state index in [-0.39, 0.29) is 11.8 Å². The maximum atomic E-state index is 11.9. The zero-order chi connectivity index (χ0) is 14.6. The van der Waals surface area contributed by atoms with Crippen LogP contribution < -0.4 is 5.32 Å². The summed E-state index contributed by atoms with van der Waals surface area (Å²) in [7, 11) is 0. The van der Waals surface area contributed by atoms with Gasteiger partial charge in [0.15, 0.2) is 0 Å². The third kappa shape index (κ3) is 4.24. The standard InChI is InChI=1S/C16H24ClNO/c1-10(2)13-6-7-15(14(8-13)11(3)4)18-16(19)12(5)9-17/h6-8,10-12H,9H2,1-5H3,(H,18,19). The fourth-order valence-electron chi connectivity index (χ4n) is 1.86. The number of rotatable bonds is 5. The van der Waals surface area contributed by atoms with Crippen molar-refractivity contribution in [3.63, 3.8) is 0 Å². The summed E-state index contributed by atoms with van der Waals surface area (Å²) in [6.45, 7) is 10.5. The molecule has 1 aromatic carbocycles. The molecular weight excluding hydrogens is 258 g/mol. The van der Waals surface area contributed by atoms with Gasteiger partial charge in [-0.1, -0.05) is 46.8 Å². The maximum Gasteiger partial charge on any atom is 0.228 e. The molecule has 1 atom stereocenters. The van der Waals surface area contributed by atoms with E-state index < -0.39 is 0 Å². The SMILES string of the molecule is CC(CCl)C(=O)Nc1ccc(C(C)C)cc1C(C)C. The van der Waals surface area contributed by atoms with Crippen LogP contribution in [0.15, 0.2) is 18.2 Å². The molecule has 0 spiro atoms. The number of alkyl halides is 1. The second-order valence-electron chi connectivity index (χ2n) is 5.70. The Morgan fingerprint density at radius 2 is 1.79 bits per heavy atom. The first-order valence-electron chi connectivity index (χ1n) is 6.87. The number of carbonyl (C=O) groups is 1. The molecule has 1 amide bonds. The van der Waals surface area contributed by atoms with Gasteiger partial charge in [-0.3, -0.25) is 4.79 Å². The minimum absolute atomic E-state index is 0.0193. The van der Waals surface area contributed by atoms with E-state index in [1.807, 2.05) is 13.0 Å². The second kappa shape index (κ2) is 6.95. The van der Waals surface area contributed by atoms with Crippen LogP contribution in [0.4, 0.5) is 5.69 Å². The largest absolute Gasteiger partial charge is 0.326 e. The highest BCUT2D eigenvalue weighted by molar-refractivity contribution is 6.19. The predicted molar refractivity (Wildman–Crippen MR) is 83.1 cm³/mol. The van der Waals surface area contributed by atoms with Gasteiger partial charge < -0.3 is 5.32 Å². The van der Waals surface area contributed by atoms with Gasteiger partial charge in [-0.2, -0.15) is 0 Å². The fourth-order valence-corrected chi connectivity index (χ4v) is 2.00. The van der Waals surface area contributed by atoms with Gasteiger partial charge in [0, 0.05) is 17.5 Å². The van der Waals surface area contributed by atoms with Crippen LogP contribution in [0.3, 0.4) is 0 Å². The van der Waals surface area contributed by atoms with E-state index in [0.717, 1.165) is 5.69 Å². The molecule has 1 rings (SSSR count). The number of hydrogen-bond acceptors (Lipinski definition) is 1. The molecule has 1 unspecified atom stereocenters. The summed E-state index contributed by atoms with van der Waals surface area (Å²) in [4.78, 5) is 11.9. The minimum atomic E-state index is -0.175. The predicted octanol–water partition coefficient (Wildman–Crippen LogP) is 4.75. The molecule has 19 heavy (non-hydrogen) atoms. The van der Waals surface area contributed by atoms with E-state index in [1.54, 1.807) is 0 Å². The number of benzene rings is 1. The first-order chi connectivity index (χ1) is 8.86. The first-order valence-corrected chi connectivity index (χ1v) is 7.40. The number of anilines is 1. The van der Waals surface area contributed by atoms with Gasteiger partial charge in [0.25, 0.3) is 0 Å². The van der Waals surface area contributed by atoms with Crippen molar-refractivity contribution < 1.29 is 4.79 Å². The van der Waals surface area contributed by atoms with Gasteiger partial charge in [0.1, 0.15) is 0 Å². The quantitative estimate of drug-likeness (QED) is 0.776. The van der Waals surface area contributed by atoms with Gasteiger partial charge in [-0.15, -0.1) is 11.6 Å². The monoisotopic (exact) mass is 281 g/mol. The topological polar surface area (TPSA) is 29.1 Å². The van der Waals surface area contributed by atoms with E-state index in [9.17, 15) is 4.79 Å². The van der Waals surface area contributed by atoms with Crippen molar-refractivity contribution >= 4 is 23.2 Å². The van der Waals surface area contributed by atoms with E-state index in [1.165, 1.54) is 11.1 Å². The van der Waals surface area contributed by atoms with Crippen molar-refractivity contribution in [1.82, 2.24) is 0 Å². The third-order valence-electron chi connectivity index (χ3n) is 3.30. The molecule has 0 fully saturated rings. The molecule has 1 N–H and O–H groups in total. The summed E-state index contributed by atoms with van der Waals surface area (Å²) in [6, 6.07) is 6.28. The van der Waals surface area contributed by atoms with Gasteiger partial charge in [0.2, 0.25) is 5.91 Å². The fraction of sp³-hybridized carbons (Fsp3) is 0.562. The lowest BCUT2D eigenvalue weighted by molar-refractivity contribution is -0.118. The zero-order valence-electron chi connectivity index (χ0n) is 12.5. The summed E-state index contributed by atoms with van der Waals surface area (Å²) in [5.74, 6) is 1.01. The van der Waals surface area contributed by atoms with Crippen LogP contribution >= 0.6 is 11.6 Å². The van der Waals surface area contributed by atoms with Crippen molar-refractivity contribution in [3.8, 4) is 0 Å². The van der Waals surface area contributed by atoms with Crippen LogP contribution in [0, 0.1) is 5.92 Å². The summed E-state index contributed by atoms with van der Waals surface area (Å²) in [5, 5.41) is 2.99. The number of amides is 1. The van der Waals surface area contributed by atoms with Crippen molar-refractivity contribution in [2.75, 3.05) is 11.2 Å². The van der Waals surface area contributed by atoms with Crippen molar-refractivity contribution in [1.29, 1.82) is 0 Å². The van der Waals surface area contributed by atoms with Gasteiger partial charge in [0.05, 0.1) is 0 Å². The highest BCUT2D eigenvalue weighted by atomic mass is 35.5. The normalized spacial score (nSPS) is 12.8.